The molecule has 2 N–H and O–H groups in total. The largest absolute Gasteiger partial charge is 0.495 e. The second-order valence-electron chi connectivity index (χ2n) is 4.09. The Balaban J connectivity index is 1.72. The summed E-state index contributed by atoms with van der Waals surface area (Å²) in [6.07, 6.45) is 3.39. The summed E-state index contributed by atoms with van der Waals surface area (Å²) in [6.45, 7) is 1.54. The zero-order chi connectivity index (χ0) is 14.2. The van der Waals surface area contributed by atoms with Crippen molar-refractivity contribution in [2.24, 2.45) is 0 Å². The summed E-state index contributed by atoms with van der Waals surface area (Å²) in [7, 11) is 1.57. The van der Waals surface area contributed by atoms with Crippen LogP contribution in [0.5, 0.6) is 5.75 Å². The molecule has 7 heteroatoms. The van der Waals surface area contributed by atoms with Gasteiger partial charge in [0.2, 0.25) is 5.91 Å². The fourth-order valence-electron chi connectivity index (χ4n) is 1.69. The summed E-state index contributed by atoms with van der Waals surface area (Å²) in [6, 6.07) is 7.29. The van der Waals surface area contributed by atoms with Gasteiger partial charge in [-0.15, -0.1) is 5.10 Å². The van der Waals surface area contributed by atoms with E-state index in [1.165, 1.54) is 0 Å². The summed E-state index contributed by atoms with van der Waals surface area (Å²) in [5.74, 6) is 0.525. The highest BCUT2D eigenvalue weighted by molar-refractivity contribution is 5.93. The molecule has 0 fully saturated rings. The van der Waals surface area contributed by atoms with E-state index >= 15 is 0 Å². The first-order valence-corrected chi connectivity index (χ1v) is 6.27. The number of hydrogen-bond acceptors (Lipinski definition) is 5. The maximum Gasteiger partial charge on any atom is 0.238 e. The Hall–Kier alpha value is -2.41. The van der Waals surface area contributed by atoms with Crippen LogP contribution in [-0.4, -0.2) is 41.1 Å². The molecule has 106 valence electrons. The Morgan fingerprint density at radius 3 is 3.00 bits per heavy atom. The van der Waals surface area contributed by atoms with Crippen LogP contribution in [0.4, 0.5) is 5.69 Å². The molecule has 0 atom stereocenters. The number of nitrogens with zero attached hydrogens (tertiary/aromatic N) is 3. The molecule has 2 rings (SSSR count). The van der Waals surface area contributed by atoms with Crippen molar-refractivity contribution in [3.05, 3.63) is 36.7 Å². The molecule has 1 amide bonds. The first kappa shape index (κ1) is 14.0. The molecule has 0 spiro atoms. The lowest BCUT2D eigenvalue weighted by Crippen LogP contribution is -2.30. The van der Waals surface area contributed by atoms with Crippen LogP contribution in [0.3, 0.4) is 0 Å². The molecule has 7 nitrogen and oxygen atoms in total. The van der Waals surface area contributed by atoms with Crippen molar-refractivity contribution in [2.75, 3.05) is 25.5 Å². The monoisotopic (exact) mass is 275 g/mol. The third kappa shape index (κ3) is 4.06. The van der Waals surface area contributed by atoms with E-state index in [1.54, 1.807) is 36.3 Å². The SMILES string of the molecule is COc1ccccc1NC(=O)CNCCn1ccnn1. The molecule has 0 radical (unpaired) electrons. The zero-order valence-corrected chi connectivity index (χ0v) is 11.2. The van der Waals surface area contributed by atoms with Gasteiger partial charge >= 0.3 is 0 Å². The average molecular weight is 275 g/mol. The lowest BCUT2D eigenvalue weighted by molar-refractivity contribution is -0.115. The number of methoxy groups -OCH3 is 1. The second kappa shape index (κ2) is 7.25. The highest BCUT2D eigenvalue weighted by atomic mass is 16.5. The lowest BCUT2D eigenvalue weighted by Gasteiger charge is -2.10. The number of carbonyl (C=O) groups excluding carboxylic acids is 1. The van der Waals surface area contributed by atoms with Crippen LogP contribution < -0.4 is 15.4 Å². The predicted molar refractivity (Wildman–Crippen MR) is 74.5 cm³/mol. The Morgan fingerprint density at radius 2 is 2.25 bits per heavy atom. The number of hydrogen-bond donors (Lipinski definition) is 2. The summed E-state index contributed by atoms with van der Waals surface area (Å²) < 4.78 is 6.87. The number of amides is 1. The van der Waals surface area contributed by atoms with Gasteiger partial charge in [0.1, 0.15) is 5.75 Å². The maximum atomic E-state index is 11.8. The number of carbonyl (C=O) groups is 1. The van der Waals surface area contributed by atoms with Gasteiger partial charge in [-0.25, -0.2) is 0 Å². The van der Waals surface area contributed by atoms with Gasteiger partial charge in [0.25, 0.3) is 0 Å². The molecule has 1 heterocycles. The summed E-state index contributed by atoms with van der Waals surface area (Å²) in [5, 5.41) is 13.4. The van der Waals surface area contributed by atoms with Crippen molar-refractivity contribution in [2.45, 2.75) is 6.54 Å². The van der Waals surface area contributed by atoms with E-state index in [-0.39, 0.29) is 12.5 Å². The van der Waals surface area contributed by atoms with E-state index in [0.717, 1.165) is 0 Å². The molecule has 2 aromatic rings. The van der Waals surface area contributed by atoms with Crippen LogP contribution >= 0.6 is 0 Å². The number of nitrogens with one attached hydrogen (secondary N) is 2. The first-order chi connectivity index (χ1) is 9.79. The van der Waals surface area contributed by atoms with Gasteiger partial charge in [0, 0.05) is 12.7 Å². The Labute approximate surface area is 116 Å². The van der Waals surface area contributed by atoms with Crippen molar-refractivity contribution in [1.29, 1.82) is 0 Å². The Bertz CT molecular complexity index is 541. The molecule has 0 aliphatic heterocycles. The standard InChI is InChI=1S/C13H17N5O2/c1-20-12-5-3-2-4-11(12)16-13(19)10-14-6-8-18-9-7-15-17-18/h2-5,7,9,14H,6,8,10H2,1H3,(H,16,19). The van der Waals surface area contributed by atoms with E-state index in [2.05, 4.69) is 20.9 Å². The van der Waals surface area contributed by atoms with E-state index in [0.29, 0.717) is 24.5 Å². The van der Waals surface area contributed by atoms with Crippen LogP contribution in [0, 0.1) is 0 Å². The normalized spacial score (nSPS) is 10.2. The molecular formula is C13H17N5O2. The van der Waals surface area contributed by atoms with Crippen LogP contribution in [0.2, 0.25) is 0 Å². The fourth-order valence-corrected chi connectivity index (χ4v) is 1.69. The quantitative estimate of drug-likeness (QED) is 0.720. The number of anilines is 1. The van der Waals surface area contributed by atoms with Gasteiger partial charge in [-0.3, -0.25) is 9.48 Å². The van der Waals surface area contributed by atoms with Crippen molar-refractivity contribution in [3.63, 3.8) is 0 Å². The van der Waals surface area contributed by atoms with E-state index in [4.69, 9.17) is 4.74 Å². The van der Waals surface area contributed by atoms with Crippen LogP contribution in [0.25, 0.3) is 0 Å². The van der Waals surface area contributed by atoms with Gasteiger partial charge in [-0.05, 0) is 12.1 Å². The van der Waals surface area contributed by atoms with Gasteiger partial charge < -0.3 is 15.4 Å². The molecular weight excluding hydrogens is 258 g/mol. The van der Waals surface area contributed by atoms with E-state index in [1.807, 2.05) is 12.1 Å². The highest BCUT2D eigenvalue weighted by Gasteiger charge is 2.06. The topological polar surface area (TPSA) is 81.1 Å². The molecule has 0 bridgehead atoms. The lowest BCUT2D eigenvalue weighted by atomic mass is 10.3. The Morgan fingerprint density at radius 1 is 1.40 bits per heavy atom. The maximum absolute atomic E-state index is 11.8. The van der Waals surface area contributed by atoms with Crippen LogP contribution in [0.15, 0.2) is 36.7 Å². The van der Waals surface area contributed by atoms with Crippen molar-refractivity contribution in [3.8, 4) is 5.75 Å². The van der Waals surface area contributed by atoms with Gasteiger partial charge in [0.05, 0.1) is 32.1 Å². The van der Waals surface area contributed by atoms with Crippen molar-refractivity contribution >= 4 is 11.6 Å². The third-order valence-electron chi connectivity index (χ3n) is 2.66. The summed E-state index contributed by atoms with van der Waals surface area (Å²) >= 11 is 0. The van der Waals surface area contributed by atoms with Crippen molar-refractivity contribution in [1.82, 2.24) is 20.3 Å². The molecule has 0 saturated carbocycles. The van der Waals surface area contributed by atoms with Gasteiger partial charge in [0.15, 0.2) is 0 Å². The average Bonchev–Trinajstić information content (AvgIpc) is 2.97. The molecule has 0 aliphatic carbocycles. The number of benzene rings is 1. The fraction of sp³-hybridized carbons (Fsp3) is 0.308. The molecule has 20 heavy (non-hydrogen) atoms. The van der Waals surface area contributed by atoms with E-state index < -0.39 is 0 Å². The molecule has 0 aliphatic rings. The zero-order valence-electron chi connectivity index (χ0n) is 11.2. The number of aromatic nitrogens is 3. The number of ether oxygens (including phenoxy) is 1. The molecule has 0 saturated heterocycles. The van der Waals surface area contributed by atoms with Crippen LogP contribution in [-0.2, 0) is 11.3 Å². The molecule has 1 aromatic carbocycles. The molecule has 1 aromatic heterocycles. The minimum absolute atomic E-state index is 0.118. The predicted octanol–water partition coefficient (Wildman–Crippen LogP) is 0.515. The second-order valence-corrected chi connectivity index (χ2v) is 4.09. The Kier molecular flexibility index (Phi) is 5.08. The van der Waals surface area contributed by atoms with Gasteiger partial charge in [-0.2, -0.15) is 0 Å². The van der Waals surface area contributed by atoms with Gasteiger partial charge in [-0.1, -0.05) is 17.3 Å². The third-order valence-corrected chi connectivity index (χ3v) is 2.66. The summed E-state index contributed by atoms with van der Waals surface area (Å²) in [4.78, 5) is 11.8. The number of para-hydroxylation sites is 2. The van der Waals surface area contributed by atoms with E-state index in [9.17, 15) is 4.79 Å². The minimum Gasteiger partial charge on any atom is -0.495 e. The first-order valence-electron chi connectivity index (χ1n) is 6.27. The number of rotatable bonds is 7. The summed E-state index contributed by atoms with van der Waals surface area (Å²) in [5.41, 5.74) is 0.665. The minimum atomic E-state index is -0.118. The smallest absolute Gasteiger partial charge is 0.238 e. The van der Waals surface area contributed by atoms with Crippen molar-refractivity contribution < 1.29 is 9.53 Å². The molecule has 0 unspecified atom stereocenters. The van der Waals surface area contributed by atoms with Crippen LogP contribution in [0.1, 0.15) is 0 Å². The highest BCUT2D eigenvalue weighted by Crippen LogP contribution is 2.22.